The first-order valence-corrected chi connectivity index (χ1v) is 4.03. The topological polar surface area (TPSA) is 56.2 Å². The normalized spacial score (nSPS) is 10.5. The number of nitrogens with two attached hydrogens (primary N) is 1. The monoisotopic (exact) mass is 175 g/mol. The first kappa shape index (κ1) is 8.01. The van der Waals surface area contributed by atoms with Crippen molar-refractivity contribution < 1.29 is 4.42 Å². The third-order valence-corrected chi connectivity index (χ3v) is 1.93. The maximum atomic E-state index is 11.2. The van der Waals surface area contributed by atoms with E-state index < -0.39 is 0 Å². The molecule has 66 valence electrons. The summed E-state index contributed by atoms with van der Waals surface area (Å²) in [6, 6.07) is 9.13. The number of fused-ring (bicyclic) bond motifs is 1. The van der Waals surface area contributed by atoms with Crippen LogP contribution in [0.15, 0.2) is 39.5 Å². The van der Waals surface area contributed by atoms with Gasteiger partial charge >= 0.3 is 5.63 Å². The van der Waals surface area contributed by atoms with Gasteiger partial charge < -0.3 is 10.2 Å². The van der Waals surface area contributed by atoms with E-state index in [1.165, 1.54) is 0 Å². The minimum absolute atomic E-state index is 0.215. The van der Waals surface area contributed by atoms with E-state index in [-0.39, 0.29) is 12.2 Å². The molecule has 3 nitrogen and oxygen atoms in total. The predicted molar refractivity (Wildman–Crippen MR) is 50.4 cm³/mol. The van der Waals surface area contributed by atoms with Crippen LogP contribution in [-0.4, -0.2) is 0 Å². The van der Waals surface area contributed by atoms with E-state index in [1.807, 2.05) is 18.2 Å². The smallest absolute Gasteiger partial charge is 0.340 e. The molecule has 0 unspecified atom stereocenters. The second-order valence-corrected chi connectivity index (χ2v) is 2.80. The Morgan fingerprint density at radius 1 is 1.31 bits per heavy atom. The second-order valence-electron chi connectivity index (χ2n) is 2.80. The summed E-state index contributed by atoms with van der Waals surface area (Å²) >= 11 is 0. The zero-order valence-electron chi connectivity index (χ0n) is 6.99. The van der Waals surface area contributed by atoms with E-state index >= 15 is 0 Å². The Balaban J connectivity index is 2.81. The summed E-state index contributed by atoms with van der Waals surface area (Å²) in [5, 5.41) is 0.905. The van der Waals surface area contributed by atoms with E-state index in [2.05, 4.69) is 0 Å². The Kier molecular flexibility index (Phi) is 1.87. The van der Waals surface area contributed by atoms with Crippen LogP contribution in [0.5, 0.6) is 0 Å². The van der Waals surface area contributed by atoms with Crippen LogP contribution >= 0.6 is 0 Å². The summed E-state index contributed by atoms with van der Waals surface area (Å²) in [6.07, 6.45) is 0. The molecule has 0 saturated carbocycles. The van der Waals surface area contributed by atoms with Crippen LogP contribution in [-0.2, 0) is 6.54 Å². The van der Waals surface area contributed by atoms with Gasteiger partial charge in [0.05, 0.1) is 5.56 Å². The number of para-hydroxylation sites is 1. The molecule has 1 aromatic heterocycles. The van der Waals surface area contributed by atoms with Gasteiger partial charge in [-0.3, -0.25) is 0 Å². The molecule has 0 aliphatic rings. The minimum Gasteiger partial charge on any atom is -0.422 e. The zero-order valence-corrected chi connectivity index (χ0v) is 6.99. The Hall–Kier alpha value is -1.61. The molecule has 0 saturated heterocycles. The van der Waals surface area contributed by atoms with Crippen LogP contribution in [0.4, 0.5) is 0 Å². The number of benzene rings is 1. The molecule has 0 atom stereocenters. The molecule has 13 heavy (non-hydrogen) atoms. The van der Waals surface area contributed by atoms with Crippen molar-refractivity contribution in [2.75, 3.05) is 0 Å². The predicted octanol–water partition coefficient (Wildman–Crippen LogP) is 1.25. The molecule has 1 heterocycles. The first-order chi connectivity index (χ1) is 6.31. The molecular weight excluding hydrogens is 166 g/mol. The fraction of sp³-hybridized carbons (Fsp3) is 0.100. The van der Waals surface area contributed by atoms with Crippen molar-refractivity contribution in [2.45, 2.75) is 6.54 Å². The van der Waals surface area contributed by atoms with Gasteiger partial charge in [0.1, 0.15) is 5.58 Å². The van der Waals surface area contributed by atoms with Gasteiger partial charge in [0, 0.05) is 11.9 Å². The van der Waals surface area contributed by atoms with Gasteiger partial charge in [0.25, 0.3) is 0 Å². The van der Waals surface area contributed by atoms with Crippen LogP contribution in [0.3, 0.4) is 0 Å². The zero-order chi connectivity index (χ0) is 9.26. The van der Waals surface area contributed by atoms with Crippen molar-refractivity contribution in [3.05, 3.63) is 46.3 Å². The van der Waals surface area contributed by atoms with Gasteiger partial charge in [0.15, 0.2) is 0 Å². The van der Waals surface area contributed by atoms with E-state index in [9.17, 15) is 4.79 Å². The molecule has 0 amide bonds. The summed E-state index contributed by atoms with van der Waals surface area (Å²) in [5.74, 6) is 0. The summed E-state index contributed by atoms with van der Waals surface area (Å²) in [5.41, 5.74) is 6.15. The van der Waals surface area contributed by atoms with Crippen molar-refractivity contribution in [3.8, 4) is 0 Å². The minimum atomic E-state index is -0.346. The Labute approximate surface area is 74.8 Å². The molecular formula is C10H9NO2. The third-order valence-electron chi connectivity index (χ3n) is 1.93. The summed E-state index contributed by atoms with van der Waals surface area (Å²) in [7, 11) is 0. The number of hydrogen-bond acceptors (Lipinski definition) is 3. The number of hydrogen-bond donors (Lipinski definition) is 1. The van der Waals surface area contributed by atoms with Crippen molar-refractivity contribution >= 4 is 11.0 Å². The molecule has 2 aromatic rings. The van der Waals surface area contributed by atoms with Gasteiger partial charge in [-0.1, -0.05) is 18.2 Å². The van der Waals surface area contributed by atoms with E-state index in [0.717, 1.165) is 5.39 Å². The van der Waals surface area contributed by atoms with E-state index in [1.54, 1.807) is 12.1 Å². The molecule has 3 heteroatoms. The standard InChI is InChI=1S/C10H9NO2/c11-6-8-5-7-3-1-2-4-9(7)13-10(8)12/h1-5H,6,11H2. The van der Waals surface area contributed by atoms with Crippen molar-refractivity contribution in [1.82, 2.24) is 0 Å². The van der Waals surface area contributed by atoms with Gasteiger partial charge in [-0.15, -0.1) is 0 Å². The van der Waals surface area contributed by atoms with Crippen LogP contribution in [0.25, 0.3) is 11.0 Å². The molecule has 2 rings (SSSR count). The highest BCUT2D eigenvalue weighted by atomic mass is 16.4. The lowest BCUT2D eigenvalue weighted by molar-refractivity contribution is 0.550. The van der Waals surface area contributed by atoms with Crippen LogP contribution < -0.4 is 11.4 Å². The lowest BCUT2D eigenvalue weighted by Crippen LogP contribution is -2.11. The third kappa shape index (κ3) is 1.34. The molecule has 0 spiro atoms. The van der Waals surface area contributed by atoms with Crippen LogP contribution in [0.1, 0.15) is 5.56 Å². The van der Waals surface area contributed by atoms with E-state index in [4.69, 9.17) is 10.2 Å². The lowest BCUT2D eigenvalue weighted by atomic mass is 10.2. The van der Waals surface area contributed by atoms with Gasteiger partial charge in [0.2, 0.25) is 0 Å². The number of rotatable bonds is 1. The highest BCUT2D eigenvalue weighted by Gasteiger charge is 2.01. The molecule has 1 aromatic carbocycles. The molecule has 0 bridgehead atoms. The maximum absolute atomic E-state index is 11.2. The highest BCUT2D eigenvalue weighted by Crippen LogP contribution is 2.11. The molecule has 2 N–H and O–H groups in total. The van der Waals surface area contributed by atoms with Crippen LogP contribution in [0.2, 0.25) is 0 Å². The van der Waals surface area contributed by atoms with Gasteiger partial charge in [-0.05, 0) is 12.1 Å². The van der Waals surface area contributed by atoms with Crippen molar-refractivity contribution in [2.24, 2.45) is 5.73 Å². The SMILES string of the molecule is NCc1cc2ccccc2oc1=O. The second kappa shape index (κ2) is 3.03. The van der Waals surface area contributed by atoms with Gasteiger partial charge in [-0.2, -0.15) is 0 Å². The summed E-state index contributed by atoms with van der Waals surface area (Å²) in [4.78, 5) is 11.2. The molecule has 0 fully saturated rings. The highest BCUT2D eigenvalue weighted by molar-refractivity contribution is 5.76. The average Bonchev–Trinajstić information content (AvgIpc) is 2.17. The van der Waals surface area contributed by atoms with Crippen LogP contribution in [0, 0.1) is 0 Å². The fourth-order valence-electron chi connectivity index (χ4n) is 1.25. The Bertz CT molecular complexity index is 487. The quantitative estimate of drug-likeness (QED) is 0.663. The summed E-state index contributed by atoms with van der Waals surface area (Å²) in [6.45, 7) is 0.215. The molecule has 0 aliphatic heterocycles. The lowest BCUT2D eigenvalue weighted by Gasteiger charge is -1.97. The maximum Gasteiger partial charge on any atom is 0.340 e. The molecule has 0 radical (unpaired) electrons. The van der Waals surface area contributed by atoms with E-state index in [0.29, 0.717) is 11.1 Å². The first-order valence-electron chi connectivity index (χ1n) is 4.03. The van der Waals surface area contributed by atoms with Gasteiger partial charge in [-0.25, -0.2) is 4.79 Å². The average molecular weight is 175 g/mol. The summed E-state index contributed by atoms with van der Waals surface area (Å²) < 4.78 is 5.05. The van der Waals surface area contributed by atoms with Crippen molar-refractivity contribution in [1.29, 1.82) is 0 Å². The largest absolute Gasteiger partial charge is 0.422 e. The fourth-order valence-corrected chi connectivity index (χ4v) is 1.25. The van der Waals surface area contributed by atoms with Crippen molar-refractivity contribution in [3.63, 3.8) is 0 Å². The Morgan fingerprint density at radius 3 is 2.85 bits per heavy atom. The molecule has 0 aliphatic carbocycles. The Morgan fingerprint density at radius 2 is 2.08 bits per heavy atom.